The number of aromatic amines is 2. The van der Waals surface area contributed by atoms with E-state index in [1.54, 1.807) is 0 Å². The average molecular weight is 419 g/mol. The molecule has 0 aliphatic carbocycles. The summed E-state index contributed by atoms with van der Waals surface area (Å²) in [7, 11) is 0. The van der Waals surface area contributed by atoms with Crippen LogP contribution in [0.1, 0.15) is 59.6 Å². The molecular formula is C24H30N6O. The van der Waals surface area contributed by atoms with Crippen LogP contribution in [0.3, 0.4) is 0 Å². The number of hydrogen-bond acceptors (Lipinski definition) is 5. The number of nitrogens with one attached hydrogen (secondary N) is 4. The highest BCUT2D eigenvalue weighted by Gasteiger charge is 2.35. The van der Waals surface area contributed by atoms with E-state index < -0.39 is 0 Å². The largest absolute Gasteiger partial charge is 0.381 e. The molecule has 1 fully saturated rings. The van der Waals surface area contributed by atoms with Crippen LogP contribution < -0.4 is 10.6 Å². The Hall–Kier alpha value is -2.64. The highest BCUT2D eigenvalue weighted by atomic mass is 16.5. The fourth-order valence-electron chi connectivity index (χ4n) is 5.64. The summed E-state index contributed by atoms with van der Waals surface area (Å²) in [6, 6.07) is 7.35. The maximum atomic E-state index is 5.62. The molecule has 2 aromatic heterocycles. The second kappa shape index (κ2) is 7.80. The molecule has 1 saturated heterocycles. The number of benzene rings is 1. The van der Waals surface area contributed by atoms with E-state index in [1.165, 1.54) is 39.3 Å². The second-order valence-electron chi connectivity index (χ2n) is 9.12. The SMILES string of the molecule is Cc1n[nH]cc1-c1ccc2c(c1)CCC(c1n[nH]c3c1C(C1CCOCC1)NCC3)N2. The minimum absolute atomic E-state index is 0.247. The number of H-pyrrole nitrogens is 2. The molecule has 2 atom stereocenters. The third-order valence-electron chi connectivity index (χ3n) is 7.31. The zero-order valence-corrected chi connectivity index (χ0v) is 18.0. The van der Waals surface area contributed by atoms with Crippen LogP contribution in [0.4, 0.5) is 5.69 Å². The lowest BCUT2D eigenvalue weighted by Crippen LogP contribution is -2.38. The molecule has 0 amide bonds. The van der Waals surface area contributed by atoms with Crippen molar-refractivity contribution < 1.29 is 4.74 Å². The van der Waals surface area contributed by atoms with Gasteiger partial charge in [-0.15, -0.1) is 0 Å². The number of fused-ring (bicyclic) bond motifs is 2. The number of ether oxygens (including phenoxy) is 1. The van der Waals surface area contributed by atoms with Crippen LogP contribution in [0.25, 0.3) is 11.1 Å². The molecule has 0 spiro atoms. The standard InChI is InChI=1S/C24H30N6O/c1-14-18(13-26-28-14)16-2-4-19-17(12-16)3-5-21(27-19)24-22-20(29-30-24)6-9-25-23(22)15-7-10-31-11-8-15/h2,4,12-13,15,21,23,25,27H,3,5-11H2,1H3,(H,26,28)(H,29,30). The van der Waals surface area contributed by atoms with E-state index in [4.69, 9.17) is 9.84 Å². The molecule has 0 saturated carbocycles. The Kier molecular flexibility index (Phi) is 4.80. The first-order chi connectivity index (χ1) is 15.3. The molecule has 0 bridgehead atoms. The Morgan fingerprint density at radius 3 is 2.81 bits per heavy atom. The number of rotatable bonds is 3. The molecule has 5 heterocycles. The fraction of sp³-hybridized carbons (Fsp3) is 0.500. The van der Waals surface area contributed by atoms with E-state index in [1.807, 2.05) is 13.1 Å². The summed E-state index contributed by atoms with van der Waals surface area (Å²) in [5.74, 6) is 0.626. The first-order valence-corrected chi connectivity index (χ1v) is 11.6. The molecule has 2 unspecified atom stereocenters. The number of nitrogens with zero attached hydrogens (tertiary/aromatic N) is 2. The van der Waals surface area contributed by atoms with Gasteiger partial charge in [0.05, 0.1) is 17.4 Å². The van der Waals surface area contributed by atoms with Gasteiger partial charge in [-0.2, -0.15) is 10.2 Å². The van der Waals surface area contributed by atoms with E-state index >= 15 is 0 Å². The lowest BCUT2D eigenvalue weighted by atomic mass is 9.81. The third kappa shape index (κ3) is 3.36. The van der Waals surface area contributed by atoms with Crippen molar-refractivity contribution in [1.29, 1.82) is 0 Å². The monoisotopic (exact) mass is 418 g/mol. The molecule has 3 aliphatic heterocycles. The van der Waals surface area contributed by atoms with E-state index in [0.29, 0.717) is 12.0 Å². The van der Waals surface area contributed by atoms with Crippen LogP contribution in [0.5, 0.6) is 0 Å². The van der Waals surface area contributed by atoms with Crippen LogP contribution in [0.15, 0.2) is 24.4 Å². The van der Waals surface area contributed by atoms with Crippen molar-refractivity contribution in [1.82, 2.24) is 25.7 Å². The molecule has 6 rings (SSSR count). The minimum Gasteiger partial charge on any atom is -0.381 e. The molecule has 1 aromatic carbocycles. The van der Waals surface area contributed by atoms with Crippen LogP contribution in [0, 0.1) is 12.8 Å². The van der Waals surface area contributed by atoms with Crippen LogP contribution in [-0.4, -0.2) is 40.2 Å². The first kappa shape index (κ1) is 19.1. The summed E-state index contributed by atoms with van der Waals surface area (Å²) in [5.41, 5.74) is 9.99. The molecular weight excluding hydrogens is 388 g/mol. The van der Waals surface area contributed by atoms with Gasteiger partial charge in [-0.05, 0) is 61.8 Å². The maximum Gasteiger partial charge on any atom is 0.0895 e. The van der Waals surface area contributed by atoms with Gasteiger partial charge in [0.2, 0.25) is 0 Å². The predicted molar refractivity (Wildman–Crippen MR) is 120 cm³/mol. The van der Waals surface area contributed by atoms with E-state index in [9.17, 15) is 0 Å². The summed E-state index contributed by atoms with van der Waals surface area (Å²) in [6.45, 7) is 4.81. The Bertz CT molecular complexity index is 1080. The van der Waals surface area contributed by atoms with Gasteiger partial charge < -0.3 is 15.4 Å². The predicted octanol–water partition coefficient (Wildman–Crippen LogP) is 3.82. The summed E-state index contributed by atoms with van der Waals surface area (Å²) in [4.78, 5) is 0. The summed E-state index contributed by atoms with van der Waals surface area (Å²) >= 11 is 0. The third-order valence-corrected chi connectivity index (χ3v) is 7.31. The van der Waals surface area contributed by atoms with E-state index in [-0.39, 0.29) is 6.04 Å². The zero-order chi connectivity index (χ0) is 20.8. The van der Waals surface area contributed by atoms with Crippen molar-refractivity contribution in [3.05, 3.63) is 52.6 Å². The number of aromatic nitrogens is 4. The summed E-state index contributed by atoms with van der Waals surface area (Å²) < 4.78 is 5.62. The molecule has 4 N–H and O–H groups in total. The van der Waals surface area contributed by atoms with Gasteiger partial charge >= 0.3 is 0 Å². The second-order valence-corrected chi connectivity index (χ2v) is 9.12. The molecule has 3 aromatic rings. The van der Waals surface area contributed by atoms with Crippen molar-refractivity contribution in [2.75, 3.05) is 25.1 Å². The summed E-state index contributed by atoms with van der Waals surface area (Å²) in [6.07, 6.45) is 7.36. The van der Waals surface area contributed by atoms with Crippen LogP contribution in [0.2, 0.25) is 0 Å². The first-order valence-electron chi connectivity index (χ1n) is 11.6. The van der Waals surface area contributed by atoms with Crippen LogP contribution in [-0.2, 0) is 17.6 Å². The Balaban J connectivity index is 1.28. The quantitative estimate of drug-likeness (QED) is 0.519. The highest BCUT2D eigenvalue weighted by molar-refractivity contribution is 5.70. The van der Waals surface area contributed by atoms with E-state index in [0.717, 1.165) is 57.6 Å². The Labute approximate surface area is 182 Å². The number of aryl methyl sites for hydroxylation is 2. The van der Waals surface area contributed by atoms with Gasteiger partial charge in [0.25, 0.3) is 0 Å². The fourth-order valence-corrected chi connectivity index (χ4v) is 5.64. The van der Waals surface area contributed by atoms with Gasteiger partial charge in [-0.25, -0.2) is 0 Å². The van der Waals surface area contributed by atoms with Crippen molar-refractivity contribution >= 4 is 5.69 Å². The van der Waals surface area contributed by atoms with Gasteiger partial charge in [0.1, 0.15) is 0 Å². The molecule has 7 nitrogen and oxygen atoms in total. The van der Waals surface area contributed by atoms with E-state index in [2.05, 4.69) is 44.1 Å². The molecule has 0 radical (unpaired) electrons. The molecule has 31 heavy (non-hydrogen) atoms. The smallest absolute Gasteiger partial charge is 0.0895 e. The van der Waals surface area contributed by atoms with Crippen molar-refractivity contribution in [3.63, 3.8) is 0 Å². The van der Waals surface area contributed by atoms with Crippen molar-refractivity contribution in [3.8, 4) is 11.1 Å². The van der Waals surface area contributed by atoms with Gasteiger partial charge in [-0.1, -0.05) is 6.07 Å². The minimum atomic E-state index is 0.247. The van der Waals surface area contributed by atoms with Gasteiger partial charge in [-0.3, -0.25) is 10.2 Å². The van der Waals surface area contributed by atoms with Crippen molar-refractivity contribution in [2.24, 2.45) is 5.92 Å². The molecule has 3 aliphatic rings. The molecule has 7 heteroatoms. The Morgan fingerprint density at radius 2 is 1.97 bits per heavy atom. The zero-order valence-electron chi connectivity index (χ0n) is 18.0. The lowest BCUT2D eigenvalue weighted by molar-refractivity contribution is 0.0526. The number of hydrogen-bond donors (Lipinski definition) is 4. The van der Waals surface area contributed by atoms with Crippen molar-refractivity contribution in [2.45, 2.75) is 51.1 Å². The van der Waals surface area contributed by atoms with Crippen LogP contribution >= 0.6 is 0 Å². The normalized spacial score (nSPS) is 23.8. The van der Waals surface area contributed by atoms with Gasteiger partial charge in [0, 0.05) is 60.9 Å². The van der Waals surface area contributed by atoms with Gasteiger partial charge in [0.15, 0.2) is 0 Å². The topological polar surface area (TPSA) is 90.7 Å². The Morgan fingerprint density at radius 1 is 1.06 bits per heavy atom. The summed E-state index contributed by atoms with van der Waals surface area (Å²) in [5, 5.41) is 23.1. The molecule has 162 valence electrons. The highest BCUT2D eigenvalue weighted by Crippen LogP contribution is 2.41. The average Bonchev–Trinajstić information content (AvgIpc) is 3.45. The lowest BCUT2D eigenvalue weighted by Gasteiger charge is -2.35. The maximum absolute atomic E-state index is 5.62. The number of anilines is 1.